The van der Waals surface area contributed by atoms with E-state index in [1.165, 1.54) is 11.1 Å². The monoisotopic (exact) mass is 457 g/mol. The molecule has 0 amide bonds. The number of hydrogen-bond acceptors (Lipinski definition) is 4. The molecule has 1 aromatic carbocycles. The van der Waals surface area contributed by atoms with E-state index in [9.17, 15) is 0 Å². The lowest BCUT2D eigenvalue weighted by Gasteiger charge is -2.39. The molecule has 3 heterocycles. The van der Waals surface area contributed by atoms with Crippen molar-refractivity contribution in [1.29, 1.82) is 5.41 Å². The number of H-pyrrole nitrogens is 1. The molecule has 3 aliphatic rings. The summed E-state index contributed by atoms with van der Waals surface area (Å²) in [7, 11) is 1.72. The van der Waals surface area contributed by atoms with Gasteiger partial charge in [0.15, 0.2) is 0 Å². The second kappa shape index (κ2) is 9.55. The number of nitrogens with zero attached hydrogens (tertiary/aromatic N) is 2. The largest absolute Gasteiger partial charge is 0.496 e. The highest BCUT2D eigenvalue weighted by Crippen LogP contribution is 2.40. The van der Waals surface area contributed by atoms with Crippen LogP contribution >= 0.6 is 0 Å². The molecular formula is C28H35N5O. The van der Waals surface area contributed by atoms with Crippen LogP contribution in [0.5, 0.6) is 5.75 Å². The van der Waals surface area contributed by atoms with E-state index in [0.29, 0.717) is 6.04 Å². The van der Waals surface area contributed by atoms with Crippen LogP contribution < -0.4 is 10.1 Å². The highest BCUT2D eigenvalue weighted by molar-refractivity contribution is 5.88. The zero-order valence-corrected chi connectivity index (χ0v) is 20.4. The molecule has 34 heavy (non-hydrogen) atoms. The summed E-state index contributed by atoms with van der Waals surface area (Å²) >= 11 is 0. The molecule has 6 heteroatoms. The van der Waals surface area contributed by atoms with Gasteiger partial charge >= 0.3 is 0 Å². The van der Waals surface area contributed by atoms with Gasteiger partial charge in [0.05, 0.1) is 7.11 Å². The minimum atomic E-state index is 0.132. The quantitative estimate of drug-likeness (QED) is 0.436. The first kappa shape index (κ1) is 22.5. The smallest absolute Gasteiger partial charge is 0.126 e. The molecule has 1 aliphatic carbocycles. The van der Waals surface area contributed by atoms with Gasteiger partial charge in [0, 0.05) is 67.6 Å². The SMILES string of the molecule is COc1ccccc1-c1c[nH]c2c1C=C(C1=CC=CC(C(=N)N3CCN(C(C)C)CC3)C1)CN2. The fourth-order valence-electron chi connectivity index (χ4n) is 5.25. The Morgan fingerprint density at radius 1 is 1.09 bits per heavy atom. The Hall–Kier alpha value is -3.25. The van der Waals surface area contributed by atoms with Crippen LogP contribution in [0.25, 0.3) is 17.2 Å². The maximum atomic E-state index is 8.91. The van der Waals surface area contributed by atoms with Gasteiger partial charge in [0.25, 0.3) is 0 Å². The first-order valence-corrected chi connectivity index (χ1v) is 12.3. The molecular weight excluding hydrogens is 422 g/mol. The third-order valence-electron chi connectivity index (χ3n) is 7.32. The average molecular weight is 458 g/mol. The molecule has 1 fully saturated rings. The van der Waals surface area contributed by atoms with Gasteiger partial charge in [-0.25, -0.2) is 0 Å². The minimum Gasteiger partial charge on any atom is -0.496 e. The van der Waals surface area contributed by atoms with Crippen LogP contribution in [0.2, 0.25) is 0 Å². The maximum absolute atomic E-state index is 8.91. The Morgan fingerprint density at radius 2 is 1.88 bits per heavy atom. The topological polar surface area (TPSA) is 67.4 Å². The highest BCUT2D eigenvalue weighted by atomic mass is 16.5. The molecule has 1 aromatic heterocycles. The summed E-state index contributed by atoms with van der Waals surface area (Å²) in [4.78, 5) is 8.16. The fraction of sp³-hybridized carbons (Fsp3) is 0.393. The maximum Gasteiger partial charge on any atom is 0.126 e. The van der Waals surface area contributed by atoms with Crippen LogP contribution in [0.15, 0.2) is 59.8 Å². The second-order valence-corrected chi connectivity index (χ2v) is 9.60. The zero-order chi connectivity index (χ0) is 23.7. The van der Waals surface area contributed by atoms with Gasteiger partial charge in [-0.05, 0) is 43.6 Å². The number of piperazine rings is 1. The second-order valence-electron chi connectivity index (χ2n) is 9.60. The molecule has 3 N–H and O–H groups in total. The lowest BCUT2D eigenvalue weighted by molar-refractivity contribution is 0.146. The molecule has 6 nitrogen and oxygen atoms in total. The van der Waals surface area contributed by atoms with Crippen molar-refractivity contribution in [2.75, 3.05) is 45.2 Å². The Labute approximate surface area is 202 Å². The number of fused-ring (bicyclic) bond motifs is 1. The number of ether oxygens (including phenoxy) is 1. The molecule has 2 aromatic rings. The van der Waals surface area contributed by atoms with Gasteiger partial charge < -0.3 is 19.9 Å². The third kappa shape index (κ3) is 4.30. The van der Waals surface area contributed by atoms with Crippen molar-refractivity contribution in [3.05, 3.63) is 65.4 Å². The first-order chi connectivity index (χ1) is 16.5. The van der Waals surface area contributed by atoms with Crippen LogP contribution in [0.1, 0.15) is 25.8 Å². The summed E-state index contributed by atoms with van der Waals surface area (Å²) in [5.74, 6) is 2.80. The summed E-state index contributed by atoms with van der Waals surface area (Å²) < 4.78 is 5.61. The molecule has 0 radical (unpaired) electrons. The van der Waals surface area contributed by atoms with Gasteiger partial charge in [-0.1, -0.05) is 36.4 Å². The van der Waals surface area contributed by atoms with Crippen molar-refractivity contribution in [2.45, 2.75) is 26.3 Å². The molecule has 2 aliphatic heterocycles. The molecule has 178 valence electrons. The number of benzene rings is 1. The van der Waals surface area contributed by atoms with Crippen molar-refractivity contribution in [3.63, 3.8) is 0 Å². The lowest BCUT2D eigenvalue weighted by atomic mass is 9.86. The number of allylic oxidation sites excluding steroid dienone is 2. The number of amidine groups is 1. The van der Waals surface area contributed by atoms with Gasteiger partial charge in [-0.2, -0.15) is 0 Å². The predicted octanol–water partition coefficient (Wildman–Crippen LogP) is 5.00. The van der Waals surface area contributed by atoms with E-state index in [0.717, 1.165) is 73.2 Å². The van der Waals surface area contributed by atoms with E-state index in [1.54, 1.807) is 7.11 Å². The highest BCUT2D eigenvalue weighted by Gasteiger charge is 2.27. The van der Waals surface area contributed by atoms with Crippen molar-refractivity contribution in [3.8, 4) is 16.9 Å². The van der Waals surface area contributed by atoms with Crippen LogP contribution in [0.4, 0.5) is 5.82 Å². The molecule has 1 saturated heterocycles. The van der Waals surface area contributed by atoms with Crippen molar-refractivity contribution in [2.24, 2.45) is 5.92 Å². The van der Waals surface area contributed by atoms with Gasteiger partial charge in [0.1, 0.15) is 17.4 Å². The predicted molar refractivity (Wildman–Crippen MR) is 141 cm³/mol. The lowest BCUT2D eigenvalue weighted by Crippen LogP contribution is -2.51. The molecule has 1 unspecified atom stereocenters. The van der Waals surface area contributed by atoms with Crippen LogP contribution in [0, 0.1) is 11.3 Å². The number of hydrogen-bond donors (Lipinski definition) is 3. The van der Waals surface area contributed by atoms with Gasteiger partial charge in [-0.3, -0.25) is 10.3 Å². The molecule has 5 rings (SSSR count). The van der Waals surface area contributed by atoms with E-state index < -0.39 is 0 Å². The summed E-state index contributed by atoms with van der Waals surface area (Å²) in [6.45, 7) is 9.25. The number of methoxy groups -OCH3 is 1. The molecule has 1 atom stereocenters. The summed E-state index contributed by atoms with van der Waals surface area (Å²) in [5, 5.41) is 12.5. The Kier molecular flexibility index (Phi) is 6.33. The number of nitrogens with one attached hydrogen (secondary N) is 3. The number of aromatic nitrogens is 1. The summed E-state index contributed by atoms with van der Waals surface area (Å²) in [5.41, 5.74) is 5.98. The molecule has 0 bridgehead atoms. The normalized spacial score (nSPS) is 20.5. The van der Waals surface area contributed by atoms with E-state index >= 15 is 0 Å². The van der Waals surface area contributed by atoms with E-state index in [2.05, 4.69) is 70.5 Å². The van der Waals surface area contributed by atoms with Crippen LogP contribution in [-0.4, -0.2) is 66.5 Å². The van der Waals surface area contributed by atoms with Crippen molar-refractivity contribution < 1.29 is 4.74 Å². The molecule has 0 spiro atoms. The van der Waals surface area contributed by atoms with E-state index in [1.807, 2.05) is 18.2 Å². The first-order valence-electron chi connectivity index (χ1n) is 12.3. The van der Waals surface area contributed by atoms with E-state index in [-0.39, 0.29) is 5.92 Å². The summed E-state index contributed by atoms with van der Waals surface area (Å²) in [6.07, 6.45) is 11.8. The van der Waals surface area contributed by atoms with Crippen molar-refractivity contribution in [1.82, 2.24) is 14.8 Å². The number of para-hydroxylation sites is 1. The Bertz CT molecular complexity index is 1150. The number of aromatic amines is 1. The van der Waals surface area contributed by atoms with Crippen LogP contribution in [-0.2, 0) is 0 Å². The fourth-order valence-corrected chi connectivity index (χ4v) is 5.25. The standard InChI is InChI=1S/C28H35N5O/c1-19(2)32-11-13-33(14-12-32)27(29)21-8-6-7-20(15-21)22-16-24-25(18-31-28(24)30-17-22)23-9-4-5-10-26(23)34-3/h4-10,16,18-19,21,29-31H,11-15,17H2,1-3H3. The van der Waals surface area contributed by atoms with Crippen LogP contribution in [0.3, 0.4) is 0 Å². The third-order valence-corrected chi connectivity index (χ3v) is 7.32. The Balaban J connectivity index is 1.33. The number of anilines is 1. The number of rotatable bonds is 5. The average Bonchev–Trinajstić information content (AvgIpc) is 3.31. The molecule has 0 saturated carbocycles. The van der Waals surface area contributed by atoms with Gasteiger partial charge in [-0.15, -0.1) is 0 Å². The van der Waals surface area contributed by atoms with E-state index in [4.69, 9.17) is 10.1 Å². The van der Waals surface area contributed by atoms with Gasteiger partial charge in [0.2, 0.25) is 0 Å². The van der Waals surface area contributed by atoms with Crippen molar-refractivity contribution >= 4 is 17.7 Å². The summed E-state index contributed by atoms with van der Waals surface area (Å²) in [6, 6.07) is 8.72. The minimum absolute atomic E-state index is 0.132. The zero-order valence-electron chi connectivity index (χ0n) is 20.4. The Morgan fingerprint density at radius 3 is 2.65 bits per heavy atom.